The van der Waals surface area contributed by atoms with Crippen LogP contribution in [0.15, 0.2) is 121 Å². The first-order valence-corrected chi connectivity index (χ1v) is 17.1. The summed E-state index contributed by atoms with van der Waals surface area (Å²) in [4.78, 5) is 0. The molecule has 0 bridgehead atoms. The Hall–Kier alpha value is -4.68. The minimum atomic E-state index is -0.0499. The van der Waals surface area contributed by atoms with Crippen LogP contribution in [0.5, 0.6) is 0 Å². The Labute approximate surface area is 280 Å². The molecule has 0 saturated carbocycles. The summed E-state index contributed by atoms with van der Waals surface area (Å²) in [6, 6.07) is 46.3. The van der Waals surface area contributed by atoms with E-state index in [9.17, 15) is 0 Å². The molecule has 1 aliphatic rings. The Morgan fingerprint density at radius 1 is 0.404 bits per heavy atom. The van der Waals surface area contributed by atoms with Crippen LogP contribution < -0.4 is 0 Å². The van der Waals surface area contributed by atoms with Crippen molar-refractivity contribution in [2.24, 2.45) is 0 Å². The van der Waals surface area contributed by atoms with Crippen molar-refractivity contribution in [2.45, 2.75) is 71.6 Å². The second kappa shape index (κ2) is 10.2. The zero-order chi connectivity index (χ0) is 32.9. The van der Waals surface area contributed by atoms with Gasteiger partial charge >= 0.3 is 0 Å². The largest absolute Gasteiger partial charge is 0.0619 e. The smallest absolute Gasteiger partial charge is 0.0159 e. The topological polar surface area (TPSA) is 0 Å². The minimum absolute atomic E-state index is 0.0149. The summed E-state index contributed by atoms with van der Waals surface area (Å²) in [6.07, 6.45) is 0. The highest BCUT2D eigenvalue weighted by molar-refractivity contribution is 6.23. The molecule has 0 unspecified atom stereocenters. The van der Waals surface area contributed by atoms with E-state index in [2.05, 4.69) is 177 Å². The summed E-state index contributed by atoms with van der Waals surface area (Å²) in [5.41, 5.74) is 13.6. The average Bonchev–Trinajstić information content (AvgIpc) is 3.27. The fourth-order valence-electron chi connectivity index (χ4n) is 8.07. The Balaban J connectivity index is 1.46. The first-order valence-electron chi connectivity index (χ1n) is 17.1. The lowest BCUT2D eigenvalue weighted by molar-refractivity contribution is 0.589. The number of hydrogen-bond donors (Lipinski definition) is 0. The average molecular weight is 609 g/mol. The summed E-state index contributed by atoms with van der Waals surface area (Å²) >= 11 is 0. The van der Waals surface area contributed by atoms with Crippen molar-refractivity contribution >= 4 is 32.3 Å². The van der Waals surface area contributed by atoms with Crippen LogP contribution in [-0.2, 0) is 16.2 Å². The van der Waals surface area contributed by atoms with Gasteiger partial charge in [0, 0.05) is 5.41 Å². The lowest BCUT2D eigenvalue weighted by Crippen LogP contribution is -2.14. The molecular weight excluding hydrogens is 565 g/mol. The molecule has 0 aliphatic heterocycles. The van der Waals surface area contributed by atoms with E-state index in [1.807, 2.05) is 0 Å². The van der Waals surface area contributed by atoms with Crippen LogP contribution >= 0.6 is 0 Å². The molecule has 232 valence electrons. The van der Waals surface area contributed by atoms with Crippen LogP contribution in [0, 0.1) is 0 Å². The third kappa shape index (κ3) is 4.56. The Bertz CT molecular complexity index is 2320. The molecule has 0 heteroatoms. The monoisotopic (exact) mass is 608 g/mol. The van der Waals surface area contributed by atoms with Gasteiger partial charge in [-0.05, 0) is 111 Å². The molecule has 7 aromatic carbocycles. The molecule has 0 saturated heterocycles. The predicted molar refractivity (Wildman–Crippen MR) is 205 cm³/mol. The maximum Gasteiger partial charge on any atom is 0.0159 e. The Kier molecular flexibility index (Phi) is 6.42. The van der Waals surface area contributed by atoms with Crippen molar-refractivity contribution in [3.8, 4) is 33.4 Å². The van der Waals surface area contributed by atoms with E-state index in [0.717, 1.165) is 0 Å². The van der Waals surface area contributed by atoms with Crippen LogP contribution in [0.4, 0.5) is 0 Å². The zero-order valence-electron chi connectivity index (χ0n) is 29.0. The molecule has 0 spiro atoms. The van der Waals surface area contributed by atoms with Gasteiger partial charge in [-0.3, -0.25) is 0 Å². The third-order valence-electron chi connectivity index (χ3n) is 10.8. The maximum atomic E-state index is 2.48. The van der Waals surface area contributed by atoms with Crippen molar-refractivity contribution in [3.05, 3.63) is 144 Å². The molecule has 0 heterocycles. The van der Waals surface area contributed by atoms with Gasteiger partial charge in [-0.25, -0.2) is 0 Å². The van der Waals surface area contributed by atoms with Crippen LogP contribution in [0.3, 0.4) is 0 Å². The van der Waals surface area contributed by atoms with Crippen molar-refractivity contribution in [1.82, 2.24) is 0 Å². The second-order valence-electron chi connectivity index (χ2n) is 16.2. The molecule has 0 nitrogen and oxygen atoms in total. The van der Waals surface area contributed by atoms with Gasteiger partial charge in [-0.1, -0.05) is 165 Å². The first-order chi connectivity index (χ1) is 22.3. The van der Waals surface area contributed by atoms with Crippen LogP contribution in [0.2, 0.25) is 0 Å². The number of benzene rings is 7. The molecule has 7 aromatic rings. The SMILES string of the molecule is CC(C)(C)c1ccc2c(-c3c4ccccc4c(-c4ccc5c(c4)C(C)(C)c4ccccc4-5)c4ccccc34)cc(C(C)(C)C)cc2c1. The molecule has 1 aliphatic carbocycles. The lowest BCUT2D eigenvalue weighted by atomic mass is 9.78. The quantitative estimate of drug-likeness (QED) is 0.171. The van der Waals surface area contributed by atoms with E-state index in [1.54, 1.807) is 0 Å². The highest BCUT2D eigenvalue weighted by atomic mass is 14.4. The highest BCUT2D eigenvalue weighted by Crippen LogP contribution is 2.52. The van der Waals surface area contributed by atoms with E-state index in [0.29, 0.717) is 0 Å². The van der Waals surface area contributed by atoms with E-state index >= 15 is 0 Å². The van der Waals surface area contributed by atoms with Gasteiger partial charge in [0.2, 0.25) is 0 Å². The van der Waals surface area contributed by atoms with Gasteiger partial charge in [0.1, 0.15) is 0 Å². The summed E-state index contributed by atoms with van der Waals surface area (Å²) in [6.45, 7) is 18.7. The van der Waals surface area contributed by atoms with Gasteiger partial charge in [0.05, 0.1) is 0 Å². The molecule has 8 rings (SSSR count). The minimum Gasteiger partial charge on any atom is -0.0619 e. The van der Waals surface area contributed by atoms with Crippen molar-refractivity contribution in [3.63, 3.8) is 0 Å². The Morgan fingerprint density at radius 2 is 0.936 bits per heavy atom. The second-order valence-corrected chi connectivity index (χ2v) is 16.2. The van der Waals surface area contributed by atoms with E-state index in [-0.39, 0.29) is 16.2 Å². The van der Waals surface area contributed by atoms with E-state index < -0.39 is 0 Å². The van der Waals surface area contributed by atoms with E-state index in [1.165, 1.54) is 88.0 Å². The first kappa shape index (κ1) is 29.7. The molecule has 0 aromatic heterocycles. The summed E-state index contributed by atoms with van der Waals surface area (Å²) in [7, 11) is 0. The number of hydrogen-bond acceptors (Lipinski definition) is 0. The lowest BCUT2D eigenvalue weighted by Gasteiger charge is -2.25. The van der Waals surface area contributed by atoms with Crippen LogP contribution in [-0.4, -0.2) is 0 Å². The van der Waals surface area contributed by atoms with Gasteiger partial charge in [0.15, 0.2) is 0 Å². The molecule has 47 heavy (non-hydrogen) atoms. The van der Waals surface area contributed by atoms with Crippen molar-refractivity contribution in [2.75, 3.05) is 0 Å². The molecule has 0 N–H and O–H groups in total. The standard InChI is InChI=1S/C47H44/c1-45(2,3)31-22-24-33-30(25-31)26-32(46(4,5)6)28-40(33)44-38-18-11-9-16-36(38)43(37-17-10-12-19-39(37)44)29-21-23-35-34-15-13-14-20-41(34)47(7,8)42(35)27-29/h9-28H,1-8H3. The third-order valence-corrected chi connectivity index (χ3v) is 10.8. The van der Waals surface area contributed by atoms with Crippen molar-refractivity contribution in [1.29, 1.82) is 0 Å². The predicted octanol–water partition coefficient (Wildman–Crippen LogP) is 13.4. The normalized spacial score (nSPS) is 14.1. The van der Waals surface area contributed by atoms with Gasteiger partial charge in [-0.15, -0.1) is 0 Å². The molecule has 0 amide bonds. The zero-order valence-corrected chi connectivity index (χ0v) is 29.0. The van der Waals surface area contributed by atoms with Crippen LogP contribution in [0.1, 0.15) is 77.6 Å². The molecule has 0 atom stereocenters. The van der Waals surface area contributed by atoms with Crippen molar-refractivity contribution < 1.29 is 0 Å². The fraction of sp³-hybridized carbons (Fsp3) is 0.234. The molecule has 0 radical (unpaired) electrons. The summed E-state index contributed by atoms with van der Waals surface area (Å²) in [5.74, 6) is 0. The number of rotatable bonds is 2. The van der Waals surface area contributed by atoms with Gasteiger partial charge in [-0.2, -0.15) is 0 Å². The highest BCUT2D eigenvalue weighted by Gasteiger charge is 2.35. The van der Waals surface area contributed by atoms with Crippen LogP contribution in [0.25, 0.3) is 65.7 Å². The Morgan fingerprint density at radius 3 is 1.55 bits per heavy atom. The summed E-state index contributed by atoms with van der Waals surface area (Å²) in [5, 5.41) is 7.83. The van der Waals surface area contributed by atoms with Gasteiger partial charge in [0.25, 0.3) is 0 Å². The molecule has 0 fully saturated rings. The number of fused-ring (bicyclic) bond motifs is 6. The summed E-state index contributed by atoms with van der Waals surface area (Å²) < 4.78 is 0. The van der Waals surface area contributed by atoms with Gasteiger partial charge < -0.3 is 0 Å². The fourth-order valence-corrected chi connectivity index (χ4v) is 8.07. The maximum absolute atomic E-state index is 2.48. The molecular formula is C47H44. The van der Waals surface area contributed by atoms with E-state index in [4.69, 9.17) is 0 Å².